The van der Waals surface area contributed by atoms with Crippen molar-refractivity contribution in [1.82, 2.24) is 4.90 Å². The Labute approximate surface area is 89.0 Å². The second kappa shape index (κ2) is 4.06. The van der Waals surface area contributed by atoms with Gasteiger partial charge in [0, 0.05) is 25.4 Å². The molecule has 0 aromatic carbocycles. The highest BCUT2D eigenvalue weighted by molar-refractivity contribution is 5.95. The second-order valence-corrected chi connectivity index (χ2v) is 3.92. The van der Waals surface area contributed by atoms with Gasteiger partial charge in [0.15, 0.2) is 0 Å². The number of carbonyl (C=O) groups excluding carboxylic acids is 1. The van der Waals surface area contributed by atoms with E-state index in [1.165, 1.54) is 0 Å². The largest absolute Gasteiger partial charge is 0.469 e. The number of nitrogens with two attached hydrogens (primary N) is 1. The molecule has 0 unspecified atom stereocenters. The Morgan fingerprint density at radius 3 is 3.00 bits per heavy atom. The number of hydrogen-bond donors (Lipinski definition) is 1. The summed E-state index contributed by atoms with van der Waals surface area (Å²) in [5.41, 5.74) is 6.22. The number of nitrogens with zero attached hydrogens (tertiary/aromatic N) is 1. The molecular weight excluding hydrogens is 192 g/mol. The highest BCUT2D eigenvalue weighted by Gasteiger charge is 2.31. The van der Waals surface area contributed by atoms with E-state index >= 15 is 0 Å². The number of amides is 1. The third kappa shape index (κ3) is 1.77. The van der Waals surface area contributed by atoms with Crippen molar-refractivity contribution in [3.05, 3.63) is 23.7 Å². The molecule has 2 rings (SSSR count). The smallest absolute Gasteiger partial charge is 0.257 e. The van der Waals surface area contributed by atoms with Gasteiger partial charge in [-0.05, 0) is 12.6 Å². The lowest BCUT2D eigenvalue weighted by molar-refractivity contribution is 0.0513. The summed E-state index contributed by atoms with van der Waals surface area (Å²) in [7, 11) is 0. The summed E-state index contributed by atoms with van der Waals surface area (Å²) in [4.78, 5) is 13.8. The molecule has 0 aliphatic carbocycles. The maximum Gasteiger partial charge on any atom is 0.257 e. The van der Waals surface area contributed by atoms with Crippen molar-refractivity contribution in [2.45, 2.75) is 13.3 Å². The summed E-state index contributed by atoms with van der Waals surface area (Å²) in [6, 6.07) is 1.75. The van der Waals surface area contributed by atoms with Gasteiger partial charge in [-0.15, -0.1) is 0 Å². The van der Waals surface area contributed by atoms with Gasteiger partial charge in [0.25, 0.3) is 5.91 Å². The van der Waals surface area contributed by atoms with Crippen LogP contribution >= 0.6 is 0 Å². The molecule has 0 saturated carbocycles. The van der Waals surface area contributed by atoms with E-state index in [9.17, 15) is 4.79 Å². The van der Waals surface area contributed by atoms with Crippen LogP contribution in [0.25, 0.3) is 0 Å². The molecule has 1 aromatic heterocycles. The van der Waals surface area contributed by atoms with Crippen LogP contribution in [0.1, 0.15) is 23.0 Å². The molecule has 1 aliphatic rings. The molecule has 4 nitrogen and oxygen atoms in total. The first-order valence-corrected chi connectivity index (χ1v) is 5.32. The molecule has 1 saturated heterocycles. The molecule has 0 radical (unpaired) electrons. The maximum absolute atomic E-state index is 12.0. The van der Waals surface area contributed by atoms with Crippen LogP contribution in [0.2, 0.25) is 0 Å². The molecule has 0 bridgehead atoms. The number of likely N-dealkylation sites (tertiary alicyclic amines) is 1. The van der Waals surface area contributed by atoms with Gasteiger partial charge in [-0.1, -0.05) is 6.92 Å². The Kier molecular flexibility index (Phi) is 2.77. The average molecular weight is 208 g/mol. The molecular formula is C11H16N2O2. The summed E-state index contributed by atoms with van der Waals surface area (Å²) in [5, 5.41) is 0. The van der Waals surface area contributed by atoms with E-state index in [2.05, 4.69) is 0 Å². The summed E-state index contributed by atoms with van der Waals surface area (Å²) in [5.74, 6) is 1.33. The fraction of sp³-hybridized carbons (Fsp3) is 0.545. The second-order valence-electron chi connectivity index (χ2n) is 3.92. The molecule has 0 atom stereocenters. The lowest BCUT2D eigenvalue weighted by atomic mass is 9.99. The van der Waals surface area contributed by atoms with Crippen molar-refractivity contribution < 1.29 is 9.21 Å². The van der Waals surface area contributed by atoms with Crippen LogP contribution in [-0.2, 0) is 6.42 Å². The van der Waals surface area contributed by atoms with E-state index in [1.807, 2.05) is 11.8 Å². The van der Waals surface area contributed by atoms with Crippen molar-refractivity contribution in [2.75, 3.05) is 19.6 Å². The van der Waals surface area contributed by atoms with Gasteiger partial charge in [0.2, 0.25) is 0 Å². The number of furan rings is 1. The van der Waals surface area contributed by atoms with E-state index in [-0.39, 0.29) is 5.91 Å². The minimum absolute atomic E-state index is 0.0744. The van der Waals surface area contributed by atoms with Gasteiger partial charge in [-0.3, -0.25) is 4.79 Å². The third-order valence-electron chi connectivity index (χ3n) is 2.87. The summed E-state index contributed by atoms with van der Waals surface area (Å²) in [6.45, 7) is 4.21. The predicted octanol–water partition coefficient (Wildman–Crippen LogP) is 0.873. The minimum Gasteiger partial charge on any atom is -0.469 e. The summed E-state index contributed by atoms with van der Waals surface area (Å²) >= 11 is 0. The molecule has 0 spiro atoms. The van der Waals surface area contributed by atoms with Crippen LogP contribution in [0.15, 0.2) is 16.7 Å². The zero-order valence-corrected chi connectivity index (χ0v) is 8.90. The Balaban J connectivity index is 2.03. The summed E-state index contributed by atoms with van der Waals surface area (Å²) in [6.07, 6.45) is 2.33. The zero-order valence-electron chi connectivity index (χ0n) is 8.90. The molecule has 1 amide bonds. The van der Waals surface area contributed by atoms with Gasteiger partial charge in [-0.2, -0.15) is 0 Å². The first kappa shape index (κ1) is 10.2. The van der Waals surface area contributed by atoms with Crippen LogP contribution in [-0.4, -0.2) is 30.4 Å². The molecule has 1 aliphatic heterocycles. The summed E-state index contributed by atoms with van der Waals surface area (Å²) < 4.78 is 5.23. The minimum atomic E-state index is 0.0744. The van der Waals surface area contributed by atoms with Crippen molar-refractivity contribution in [3.63, 3.8) is 0 Å². The van der Waals surface area contributed by atoms with Crippen LogP contribution in [0, 0.1) is 5.92 Å². The Morgan fingerprint density at radius 1 is 1.67 bits per heavy atom. The SMILES string of the molecule is CCc1occc1C(=O)N1CC(CN)C1. The van der Waals surface area contributed by atoms with E-state index in [1.54, 1.807) is 12.3 Å². The Bertz CT molecular complexity index is 353. The maximum atomic E-state index is 12.0. The topological polar surface area (TPSA) is 59.5 Å². The lowest BCUT2D eigenvalue weighted by Crippen LogP contribution is -2.52. The molecule has 82 valence electrons. The fourth-order valence-corrected chi connectivity index (χ4v) is 1.86. The van der Waals surface area contributed by atoms with Crippen LogP contribution < -0.4 is 5.73 Å². The number of rotatable bonds is 3. The molecule has 2 heterocycles. The molecule has 2 N–H and O–H groups in total. The fourth-order valence-electron chi connectivity index (χ4n) is 1.86. The monoisotopic (exact) mass is 208 g/mol. The third-order valence-corrected chi connectivity index (χ3v) is 2.87. The van der Waals surface area contributed by atoms with Crippen LogP contribution in [0.4, 0.5) is 0 Å². The highest BCUT2D eigenvalue weighted by atomic mass is 16.3. The standard InChI is InChI=1S/C11H16N2O2/c1-2-10-9(3-4-15-10)11(14)13-6-8(5-12)7-13/h3-4,8H,2,5-7,12H2,1H3. The predicted molar refractivity (Wildman–Crippen MR) is 56.5 cm³/mol. The van der Waals surface area contributed by atoms with Gasteiger partial charge >= 0.3 is 0 Å². The van der Waals surface area contributed by atoms with Crippen LogP contribution in [0.3, 0.4) is 0 Å². The van der Waals surface area contributed by atoms with Gasteiger partial charge < -0.3 is 15.1 Å². The van der Waals surface area contributed by atoms with Gasteiger partial charge in [-0.25, -0.2) is 0 Å². The van der Waals surface area contributed by atoms with Crippen molar-refractivity contribution in [2.24, 2.45) is 11.7 Å². The number of hydrogen-bond acceptors (Lipinski definition) is 3. The highest BCUT2D eigenvalue weighted by Crippen LogP contribution is 2.20. The quantitative estimate of drug-likeness (QED) is 0.802. The van der Waals surface area contributed by atoms with Gasteiger partial charge in [0.05, 0.1) is 11.8 Å². The average Bonchev–Trinajstić information content (AvgIpc) is 2.63. The first-order valence-electron chi connectivity index (χ1n) is 5.32. The van der Waals surface area contributed by atoms with E-state index in [4.69, 9.17) is 10.2 Å². The van der Waals surface area contributed by atoms with E-state index in [0.717, 1.165) is 25.3 Å². The number of aryl methyl sites for hydroxylation is 1. The normalized spacial score (nSPS) is 16.5. The van der Waals surface area contributed by atoms with E-state index < -0.39 is 0 Å². The molecule has 4 heteroatoms. The van der Waals surface area contributed by atoms with Gasteiger partial charge in [0.1, 0.15) is 5.76 Å². The molecule has 15 heavy (non-hydrogen) atoms. The lowest BCUT2D eigenvalue weighted by Gasteiger charge is -2.38. The Morgan fingerprint density at radius 2 is 2.40 bits per heavy atom. The van der Waals surface area contributed by atoms with Crippen molar-refractivity contribution in [1.29, 1.82) is 0 Å². The van der Waals surface area contributed by atoms with E-state index in [0.29, 0.717) is 18.0 Å². The Hall–Kier alpha value is -1.29. The zero-order chi connectivity index (χ0) is 10.8. The number of carbonyl (C=O) groups is 1. The van der Waals surface area contributed by atoms with Crippen molar-refractivity contribution >= 4 is 5.91 Å². The molecule has 1 fully saturated rings. The van der Waals surface area contributed by atoms with Crippen molar-refractivity contribution in [3.8, 4) is 0 Å². The van der Waals surface area contributed by atoms with Crippen LogP contribution in [0.5, 0.6) is 0 Å². The first-order chi connectivity index (χ1) is 7.26. The molecule has 1 aromatic rings.